The number of halogens is 1. The Balaban J connectivity index is 1.58. The number of aromatic nitrogens is 2. The maximum Gasteiger partial charge on any atom is 0.193 e. The van der Waals surface area contributed by atoms with Crippen LogP contribution >= 0.6 is 22.9 Å². The number of rotatable bonds is 5. The second-order valence-corrected chi connectivity index (χ2v) is 6.97. The first kappa shape index (κ1) is 16.8. The second-order valence-electron chi connectivity index (χ2n) is 5.50. The van der Waals surface area contributed by atoms with Gasteiger partial charge in [0.15, 0.2) is 5.96 Å². The Labute approximate surface area is 150 Å². The summed E-state index contributed by atoms with van der Waals surface area (Å²) in [6, 6.07) is 8.01. The topological polar surface area (TPSA) is 44.9 Å². The van der Waals surface area contributed by atoms with E-state index in [1.807, 2.05) is 36.0 Å². The second kappa shape index (κ2) is 7.68. The third-order valence-electron chi connectivity index (χ3n) is 3.74. The number of fused-ring (bicyclic) bond motifs is 1. The van der Waals surface area contributed by atoms with Crippen LogP contribution in [0.5, 0.6) is 0 Å². The van der Waals surface area contributed by atoms with Crippen LogP contribution in [0.4, 0.5) is 0 Å². The number of thiophene rings is 1. The van der Waals surface area contributed by atoms with Gasteiger partial charge >= 0.3 is 0 Å². The molecular weight excluding hydrogens is 342 g/mol. The fourth-order valence-corrected chi connectivity index (χ4v) is 3.36. The van der Waals surface area contributed by atoms with Gasteiger partial charge in [-0.3, -0.25) is 4.99 Å². The van der Waals surface area contributed by atoms with E-state index in [0.29, 0.717) is 11.6 Å². The molecule has 3 aromatic heterocycles. The van der Waals surface area contributed by atoms with Gasteiger partial charge in [0.1, 0.15) is 5.65 Å². The molecule has 0 aliphatic heterocycles. The molecule has 0 fully saturated rings. The van der Waals surface area contributed by atoms with E-state index in [9.17, 15) is 0 Å². The normalized spacial score (nSPS) is 11.9. The van der Waals surface area contributed by atoms with E-state index in [1.165, 1.54) is 4.88 Å². The molecule has 0 aromatic carbocycles. The molecule has 0 bridgehead atoms. The zero-order chi connectivity index (χ0) is 16.9. The standard InChI is InChI=1S/C17H20ClN5S/c1-19-17(22(2)8-7-15-4-3-9-24-15)20-10-14-12-23-11-13(18)5-6-16(23)21-14/h3-6,9,11-12H,7-8,10H2,1-2H3,(H,19,20). The Bertz CT molecular complexity index is 825. The lowest BCUT2D eigenvalue weighted by Crippen LogP contribution is -2.39. The third kappa shape index (κ3) is 4.07. The fraction of sp³-hybridized carbons (Fsp3) is 0.294. The minimum atomic E-state index is 0.620. The zero-order valence-electron chi connectivity index (χ0n) is 13.7. The van der Waals surface area contributed by atoms with Gasteiger partial charge in [-0.15, -0.1) is 11.3 Å². The van der Waals surface area contributed by atoms with Crippen molar-refractivity contribution < 1.29 is 0 Å². The maximum absolute atomic E-state index is 6.01. The first-order valence-electron chi connectivity index (χ1n) is 7.73. The molecule has 0 radical (unpaired) electrons. The zero-order valence-corrected chi connectivity index (χ0v) is 15.3. The molecule has 3 heterocycles. The van der Waals surface area contributed by atoms with Gasteiger partial charge in [-0.05, 0) is 30.0 Å². The summed E-state index contributed by atoms with van der Waals surface area (Å²) in [6.45, 7) is 1.54. The molecule has 0 saturated carbocycles. The molecule has 3 aromatic rings. The molecule has 5 nitrogen and oxygen atoms in total. The van der Waals surface area contributed by atoms with Crippen molar-refractivity contribution in [1.82, 2.24) is 19.6 Å². The van der Waals surface area contributed by atoms with Gasteiger partial charge in [0.25, 0.3) is 0 Å². The van der Waals surface area contributed by atoms with Crippen molar-refractivity contribution in [3.8, 4) is 0 Å². The number of hydrogen-bond acceptors (Lipinski definition) is 3. The minimum Gasteiger partial charge on any atom is -0.351 e. The highest BCUT2D eigenvalue weighted by Gasteiger charge is 2.08. The van der Waals surface area contributed by atoms with Crippen molar-refractivity contribution in [3.63, 3.8) is 0 Å². The monoisotopic (exact) mass is 361 g/mol. The number of guanidine groups is 1. The highest BCUT2D eigenvalue weighted by Crippen LogP contribution is 2.12. The summed E-state index contributed by atoms with van der Waals surface area (Å²) < 4.78 is 1.93. The van der Waals surface area contributed by atoms with Crippen LogP contribution in [0.1, 0.15) is 10.6 Å². The van der Waals surface area contributed by atoms with E-state index in [-0.39, 0.29) is 0 Å². The Hall–Kier alpha value is -2.05. The van der Waals surface area contributed by atoms with Gasteiger partial charge in [-0.1, -0.05) is 17.7 Å². The third-order valence-corrected chi connectivity index (χ3v) is 4.90. The summed E-state index contributed by atoms with van der Waals surface area (Å²) in [4.78, 5) is 12.4. The SMILES string of the molecule is CN=C(NCc1cn2cc(Cl)ccc2n1)N(C)CCc1cccs1. The van der Waals surface area contributed by atoms with Crippen LogP contribution in [0.3, 0.4) is 0 Å². The van der Waals surface area contributed by atoms with Crippen molar-refractivity contribution in [2.24, 2.45) is 4.99 Å². The fourth-order valence-electron chi connectivity index (χ4n) is 2.50. The number of pyridine rings is 1. The van der Waals surface area contributed by atoms with Crippen molar-refractivity contribution in [3.05, 3.63) is 57.6 Å². The molecule has 126 valence electrons. The first-order valence-corrected chi connectivity index (χ1v) is 8.99. The number of imidazole rings is 1. The average molecular weight is 362 g/mol. The van der Waals surface area contributed by atoms with Crippen LogP contribution < -0.4 is 5.32 Å². The van der Waals surface area contributed by atoms with E-state index in [4.69, 9.17) is 11.6 Å². The summed E-state index contributed by atoms with van der Waals surface area (Å²) in [6.07, 6.45) is 4.85. The predicted molar refractivity (Wildman–Crippen MR) is 101 cm³/mol. The molecule has 1 N–H and O–H groups in total. The Morgan fingerprint density at radius 1 is 1.38 bits per heavy atom. The summed E-state index contributed by atoms with van der Waals surface area (Å²) in [7, 11) is 3.85. The van der Waals surface area contributed by atoms with Crippen LogP contribution in [-0.4, -0.2) is 40.9 Å². The minimum absolute atomic E-state index is 0.620. The molecule has 3 rings (SSSR count). The number of likely N-dealkylation sites (N-methyl/N-ethyl adjacent to an activating group) is 1. The number of aliphatic imine (C=N–C) groups is 1. The molecule has 24 heavy (non-hydrogen) atoms. The van der Waals surface area contributed by atoms with Gasteiger partial charge in [0, 0.05) is 37.9 Å². The quantitative estimate of drug-likeness (QED) is 0.560. The van der Waals surface area contributed by atoms with Crippen LogP contribution in [0, 0.1) is 0 Å². The van der Waals surface area contributed by atoms with Gasteiger partial charge in [-0.2, -0.15) is 0 Å². The highest BCUT2D eigenvalue weighted by atomic mass is 35.5. The van der Waals surface area contributed by atoms with E-state index < -0.39 is 0 Å². The lowest BCUT2D eigenvalue weighted by molar-refractivity contribution is 0.486. The summed E-state index contributed by atoms with van der Waals surface area (Å²) in [5.74, 6) is 0.863. The van der Waals surface area contributed by atoms with Crippen LogP contribution in [0.2, 0.25) is 5.02 Å². The average Bonchev–Trinajstić information content (AvgIpc) is 3.22. The smallest absolute Gasteiger partial charge is 0.193 e. The van der Waals surface area contributed by atoms with Gasteiger partial charge in [0.05, 0.1) is 17.3 Å². The predicted octanol–water partition coefficient (Wildman–Crippen LogP) is 3.30. The van der Waals surface area contributed by atoms with E-state index in [1.54, 1.807) is 18.4 Å². The molecule has 0 aliphatic carbocycles. The van der Waals surface area contributed by atoms with Crippen LogP contribution in [0.15, 0.2) is 47.0 Å². The van der Waals surface area contributed by atoms with Crippen molar-refractivity contribution >= 4 is 34.5 Å². The molecule has 7 heteroatoms. The number of nitrogens with zero attached hydrogens (tertiary/aromatic N) is 4. The van der Waals surface area contributed by atoms with Crippen LogP contribution in [-0.2, 0) is 13.0 Å². The molecule has 0 atom stereocenters. The Kier molecular flexibility index (Phi) is 5.37. The van der Waals surface area contributed by atoms with Crippen molar-refractivity contribution in [2.45, 2.75) is 13.0 Å². The van der Waals surface area contributed by atoms with E-state index in [0.717, 1.165) is 30.3 Å². The summed E-state index contributed by atoms with van der Waals surface area (Å²) >= 11 is 7.79. The molecule has 0 spiro atoms. The number of nitrogens with one attached hydrogen (secondary N) is 1. The lowest BCUT2D eigenvalue weighted by Gasteiger charge is -2.21. The molecule has 0 aliphatic rings. The number of hydrogen-bond donors (Lipinski definition) is 1. The summed E-state index contributed by atoms with van der Waals surface area (Å²) in [5, 5.41) is 6.17. The largest absolute Gasteiger partial charge is 0.351 e. The van der Waals surface area contributed by atoms with Gasteiger partial charge in [0.2, 0.25) is 0 Å². The Morgan fingerprint density at radius 2 is 2.25 bits per heavy atom. The van der Waals surface area contributed by atoms with E-state index in [2.05, 4.69) is 37.7 Å². The van der Waals surface area contributed by atoms with Crippen LogP contribution in [0.25, 0.3) is 5.65 Å². The van der Waals surface area contributed by atoms with Gasteiger partial charge < -0.3 is 14.6 Å². The summed E-state index contributed by atoms with van der Waals surface area (Å²) in [5.41, 5.74) is 1.84. The van der Waals surface area contributed by atoms with E-state index >= 15 is 0 Å². The molecule has 0 unspecified atom stereocenters. The van der Waals surface area contributed by atoms with Crippen molar-refractivity contribution in [1.29, 1.82) is 0 Å². The van der Waals surface area contributed by atoms with Crippen molar-refractivity contribution in [2.75, 3.05) is 20.6 Å². The molecule has 0 amide bonds. The first-order chi connectivity index (χ1) is 11.7. The maximum atomic E-state index is 6.01. The lowest BCUT2D eigenvalue weighted by atomic mass is 10.3. The molecule has 0 saturated heterocycles. The molecular formula is C17H20ClN5S. The Morgan fingerprint density at radius 3 is 3.00 bits per heavy atom. The highest BCUT2D eigenvalue weighted by molar-refractivity contribution is 7.09. The van der Waals surface area contributed by atoms with Gasteiger partial charge in [-0.25, -0.2) is 4.98 Å².